The van der Waals surface area contributed by atoms with E-state index in [-0.39, 0.29) is 10.5 Å². The van der Waals surface area contributed by atoms with Gasteiger partial charge < -0.3 is 5.11 Å². The van der Waals surface area contributed by atoms with Gasteiger partial charge in [-0.05, 0) is 24.1 Å². The molecule has 0 fully saturated rings. The Morgan fingerprint density at radius 1 is 1.38 bits per heavy atom. The molecular weight excluding hydrogens is 294 g/mol. The molecule has 0 aliphatic carbocycles. The van der Waals surface area contributed by atoms with Crippen LogP contribution in [0.25, 0.3) is 0 Å². The molecule has 0 atom stereocenters. The first-order chi connectivity index (χ1) is 9.85. The minimum absolute atomic E-state index is 0.0360. The standard InChI is InChI=1S/C13H15N3O4S/c1-3-9-4-5-10(13(17)18)8-11(9)21(19,20)15-12-6-7-14-16(12)2/h4-8,15H,3H2,1-2H3,(H,17,18). The lowest BCUT2D eigenvalue weighted by atomic mass is 10.1. The van der Waals surface area contributed by atoms with Crippen molar-refractivity contribution >= 4 is 21.8 Å². The van der Waals surface area contributed by atoms with E-state index < -0.39 is 16.0 Å². The Morgan fingerprint density at radius 2 is 2.10 bits per heavy atom. The van der Waals surface area contributed by atoms with E-state index in [9.17, 15) is 13.2 Å². The summed E-state index contributed by atoms with van der Waals surface area (Å²) in [5.74, 6) is -0.868. The van der Waals surface area contributed by atoms with Gasteiger partial charge in [-0.3, -0.25) is 9.40 Å². The van der Waals surface area contributed by atoms with Crippen molar-refractivity contribution < 1.29 is 18.3 Å². The van der Waals surface area contributed by atoms with Crippen LogP contribution in [-0.2, 0) is 23.5 Å². The summed E-state index contributed by atoms with van der Waals surface area (Å²) in [7, 11) is -2.28. The average Bonchev–Trinajstić information content (AvgIpc) is 2.82. The molecular formula is C13H15N3O4S. The number of aryl methyl sites for hydroxylation is 2. The van der Waals surface area contributed by atoms with E-state index >= 15 is 0 Å². The lowest BCUT2D eigenvalue weighted by Crippen LogP contribution is -2.17. The molecule has 0 saturated heterocycles. The number of aromatic carboxylic acids is 1. The molecule has 0 bridgehead atoms. The number of hydrogen-bond acceptors (Lipinski definition) is 4. The van der Waals surface area contributed by atoms with Crippen molar-refractivity contribution in [2.45, 2.75) is 18.2 Å². The number of sulfonamides is 1. The molecule has 0 aliphatic heterocycles. The van der Waals surface area contributed by atoms with Gasteiger partial charge in [0.05, 0.1) is 16.7 Å². The zero-order chi connectivity index (χ0) is 15.6. The van der Waals surface area contributed by atoms with E-state index in [1.54, 1.807) is 14.0 Å². The normalized spacial score (nSPS) is 11.3. The van der Waals surface area contributed by atoms with E-state index in [0.29, 0.717) is 17.8 Å². The van der Waals surface area contributed by atoms with Gasteiger partial charge in [-0.2, -0.15) is 5.10 Å². The largest absolute Gasteiger partial charge is 0.478 e. The van der Waals surface area contributed by atoms with Gasteiger partial charge >= 0.3 is 5.97 Å². The molecule has 0 spiro atoms. The summed E-state index contributed by atoms with van der Waals surface area (Å²) in [6, 6.07) is 5.59. The number of hydrogen-bond donors (Lipinski definition) is 2. The summed E-state index contributed by atoms with van der Waals surface area (Å²) in [5.41, 5.74) is 0.479. The second-order valence-corrected chi connectivity index (χ2v) is 6.08. The number of rotatable bonds is 5. The zero-order valence-electron chi connectivity index (χ0n) is 11.6. The Hall–Kier alpha value is -2.35. The molecule has 0 amide bonds. The first kappa shape index (κ1) is 15.0. The SMILES string of the molecule is CCc1ccc(C(=O)O)cc1S(=O)(=O)Nc1ccnn1C. The van der Waals surface area contributed by atoms with Crippen molar-refractivity contribution in [2.24, 2.45) is 7.05 Å². The number of carboxylic acids is 1. The predicted octanol–water partition coefficient (Wildman–Crippen LogP) is 1.48. The fourth-order valence-electron chi connectivity index (χ4n) is 1.90. The van der Waals surface area contributed by atoms with E-state index in [4.69, 9.17) is 5.11 Å². The van der Waals surface area contributed by atoms with Gasteiger partial charge in [-0.15, -0.1) is 0 Å². The zero-order valence-corrected chi connectivity index (χ0v) is 12.4. The maximum atomic E-state index is 12.5. The van der Waals surface area contributed by atoms with Crippen molar-refractivity contribution in [1.29, 1.82) is 0 Å². The second kappa shape index (κ2) is 5.57. The van der Waals surface area contributed by atoms with Crippen LogP contribution < -0.4 is 4.72 Å². The van der Waals surface area contributed by atoms with E-state index in [2.05, 4.69) is 9.82 Å². The number of anilines is 1. The molecule has 21 heavy (non-hydrogen) atoms. The third-order valence-electron chi connectivity index (χ3n) is 3.04. The van der Waals surface area contributed by atoms with Crippen LogP contribution in [0.4, 0.5) is 5.82 Å². The Bertz CT molecular complexity index is 780. The Labute approximate surface area is 122 Å². The molecule has 2 N–H and O–H groups in total. The molecule has 2 aromatic rings. The summed E-state index contributed by atoms with van der Waals surface area (Å²) in [4.78, 5) is 11.0. The Kier molecular flexibility index (Phi) is 3.99. The highest BCUT2D eigenvalue weighted by Gasteiger charge is 2.21. The van der Waals surface area contributed by atoms with Crippen molar-refractivity contribution in [3.63, 3.8) is 0 Å². The minimum atomic E-state index is -3.88. The number of carboxylic acid groups (broad SMARTS) is 1. The highest BCUT2D eigenvalue weighted by molar-refractivity contribution is 7.92. The monoisotopic (exact) mass is 309 g/mol. The van der Waals surface area contributed by atoms with Gasteiger partial charge in [0.15, 0.2) is 0 Å². The summed E-state index contributed by atoms with van der Waals surface area (Å²) < 4.78 is 28.7. The minimum Gasteiger partial charge on any atom is -0.478 e. The summed E-state index contributed by atoms with van der Waals surface area (Å²) in [6.45, 7) is 1.80. The topological polar surface area (TPSA) is 101 Å². The summed E-state index contributed by atoms with van der Waals surface area (Å²) in [6.07, 6.45) is 1.94. The Balaban J connectivity index is 2.50. The number of nitrogens with one attached hydrogen (secondary N) is 1. The van der Waals surface area contributed by atoms with Gasteiger partial charge in [0, 0.05) is 13.1 Å². The van der Waals surface area contributed by atoms with Crippen molar-refractivity contribution in [2.75, 3.05) is 4.72 Å². The molecule has 0 saturated carbocycles. The van der Waals surface area contributed by atoms with Crippen LogP contribution in [0.1, 0.15) is 22.8 Å². The lowest BCUT2D eigenvalue weighted by molar-refractivity contribution is 0.0696. The number of benzene rings is 1. The number of aromatic nitrogens is 2. The van der Waals surface area contributed by atoms with Crippen LogP contribution in [-0.4, -0.2) is 29.3 Å². The van der Waals surface area contributed by atoms with Gasteiger partial charge in [0.25, 0.3) is 10.0 Å². The lowest BCUT2D eigenvalue weighted by Gasteiger charge is -2.12. The smallest absolute Gasteiger partial charge is 0.335 e. The quantitative estimate of drug-likeness (QED) is 0.871. The molecule has 0 unspecified atom stereocenters. The highest BCUT2D eigenvalue weighted by atomic mass is 32.2. The van der Waals surface area contributed by atoms with Crippen molar-refractivity contribution in [3.05, 3.63) is 41.6 Å². The molecule has 8 heteroatoms. The van der Waals surface area contributed by atoms with Gasteiger partial charge in [0.1, 0.15) is 5.82 Å². The number of nitrogens with zero attached hydrogens (tertiary/aromatic N) is 2. The first-order valence-electron chi connectivity index (χ1n) is 6.22. The third-order valence-corrected chi connectivity index (χ3v) is 4.48. The number of carbonyl (C=O) groups is 1. The van der Waals surface area contributed by atoms with E-state index in [1.807, 2.05) is 0 Å². The van der Waals surface area contributed by atoms with Gasteiger partial charge in [-0.1, -0.05) is 13.0 Å². The maximum absolute atomic E-state index is 12.5. The predicted molar refractivity (Wildman–Crippen MR) is 76.8 cm³/mol. The fraction of sp³-hybridized carbons (Fsp3) is 0.231. The molecule has 7 nitrogen and oxygen atoms in total. The summed E-state index contributed by atoms with van der Waals surface area (Å²) >= 11 is 0. The molecule has 1 aromatic carbocycles. The molecule has 0 aliphatic rings. The van der Waals surface area contributed by atoms with Gasteiger partial charge in [-0.25, -0.2) is 13.2 Å². The molecule has 2 rings (SSSR count). The summed E-state index contributed by atoms with van der Waals surface area (Å²) in [5, 5.41) is 12.9. The van der Waals surface area contributed by atoms with Crippen molar-refractivity contribution in [3.8, 4) is 0 Å². The van der Waals surface area contributed by atoms with Crippen LogP contribution in [0.3, 0.4) is 0 Å². The molecule has 1 heterocycles. The van der Waals surface area contributed by atoms with Crippen LogP contribution in [0.15, 0.2) is 35.4 Å². The van der Waals surface area contributed by atoms with Crippen LogP contribution in [0.2, 0.25) is 0 Å². The highest BCUT2D eigenvalue weighted by Crippen LogP contribution is 2.21. The van der Waals surface area contributed by atoms with E-state index in [1.165, 1.54) is 35.1 Å². The average molecular weight is 309 g/mol. The second-order valence-electron chi connectivity index (χ2n) is 4.43. The van der Waals surface area contributed by atoms with E-state index in [0.717, 1.165) is 0 Å². The van der Waals surface area contributed by atoms with Crippen LogP contribution in [0, 0.1) is 0 Å². The third kappa shape index (κ3) is 3.05. The fourth-order valence-corrected chi connectivity index (χ4v) is 3.32. The van der Waals surface area contributed by atoms with Crippen molar-refractivity contribution in [1.82, 2.24) is 9.78 Å². The Morgan fingerprint density at radius 3 is 2.62 bits per heavy atom. The first-order valence-corrected chi connectivity index (χ1v) is 7.70. The van der Waals surface area contributed by atoms with Gasteiger partial charge in [0.2, 0.25) is 0 Å². The van der Waals surface area contributed by atoms with Crippen LogP contribution in [0.5, 0.6) is 0 Å². The molecule has 1 aromatic heterocycles. The van der Waals surface area contributed by atoms with Crippen LogP contribution >= 0.6 is 0 Å². The maximum Gasteiger partial charge on any atom is 0.335 e. The molecule has 0 radical (unpaired) electrons. The molecule has 112 valence electrons.